The van der Waals surface area contributed by atoms with E-state index in [2.05, 4.69) is 10.6 Å². The molecular weight excluding hydrogens is 372 g/mol. The summed E-state index contributed by atoms with van der Waals surface area (Å²) < 4.78 is 16.3. The standard InChI is InChI=1S/C22H28N2O5/c1-15-9-10-16(2)22(17(15)3)29-14-21(26)24-12-11-23-20(25)13-28-19-8-6-5-7-18(19)27-4/h5-10H,11-14H2,1-4H3,(H,23,25)(H,24,26). The molecule has 2 amide bonds. The molecule has 0 aliphatic heterocycles. The number of methoxy groups -OCH3 is 1. The molecule has 2 aromatic carbocycles. The first-order valence-corrected chi connectivity index (χ1v) is 9.41. The highest BCUT2D eigenvalue weighted by Crippen LogP contribution is 2.26. The van der Waals surface area contributed by atoms with Crippen LogP contribution in [-0.4, -0.2) is 45.2 Å². The highest BCUT2D eigenvalue weighted by atomic mass is 16.5. The van der Waals surface area contributed by atoms with E-state index in [0.717, 1.165) is 22.4 Å². The molecule has 0 fully saturated rings. The number of hydrogen-bond donors (Lipinski definition) is 2. The van der Waals surface area contributed by atoms with Gasteiger partial charge in [-0.2, -0.15) is 0 Å². The fourth-order valence-electron chi connectivity index (χ4n) is 2.67. The van der Waals surface area contributed by atoms with Gasteiger partial charge < -0.3 is 24.8 Å². The highest BCUT2D eigenvalue weighted by Gasteiger charge is 2.10. The molecule has 0 heterocycles. The lowest BCUT2D eigenvalue weighted by Gasteiger charge is -2.14. The van der Waals surface area contributed by atoms with Gasteiger partial charge in [0, 0.05) is 13.1 Å². The third-order valence-corrected chi connectivity index (χ3v) is 4.42. The molecule has 2 N–H and O–H groups in total. The number of para-hydroxylation sites is 2. The topological polar surface area (TPSA) is 85.9 Å². The first-order chi connectivity index (χ1) is 13.9. The lowest BCUT2D eigenvalue weighted by Crippen LogP contribution is -2.38. The Bertz CT molecular complexity index is 851. The number of carbonyl (C=O) groups excluding carboxylic acids is 2. The van der Waals surface area contributed by atoms with Crippen LogP contribution in [0.5, 0.6) is 17.2 Å². The zero-order valence-electron chi connectivity index (χ0n) is 17.3. The summed E-state index contributed by atoms with van der Waals surface area (Å²) in [5.41, 5.74) is 3.13. The number of rotatable bonds is 10. The molecule has 0 unspecified atom stereocenters. The molecule has 0 aliphatic rings. The quantitative estimate of drug-likeness (QED) is 0.598. The highest BCUT2D eigenvalue weighted by molar-refractivity contribution is 5.78. The molecule has 0 saturated carbocycles. The van der Waals surface area contributed by atoms with Crippen molar-refractivity contribution in [2.75, 3.05) is 33.4 Å². The molecule has 0 aliphatic carbocycles. The summed E-state index contributed by atoms with van der Waals surface area (Å²) in [5.74, 6) is 1.27. The SMILES string of the molecule is COc1ccccc1OCC(=O)NCCNC(=O)COc1c(C)ccc(C)c1C. The second-order valence-corrected chi connectivity index (χ2v) is 6.58. The van der Waals surface area contributed by atoms with Gasteiger partial charge in [0.15, 0.2) is 24.7 Å². The Balaban J connectivity index is 1.65. The van der Waals surface area contributed by atoms with Crippen LogP contribution in [0.1, 0.15) is 16.7 Å². The van der Waals surface area contributed by atoms with Gasteiger partial charge in [0.05, 0.1) is 7.11 Å². The Hall–Kier alpha value is -3.22. The number of hydrogen-bond acceptors (Lipinski definition) is 5. The van der Waals surface area contributed by atoms with Gasteiger partial charge in [-0.25, -0.2) is 0 Å². The van der Waals surface area contributed by atoms with Gasteiger partial charge in [-0.3, -0.25) is 9.59 Å². The number of benzene rings is 2. The average Bonchev–Trinajstić information content (AvgIpc) is 2.72. The molecule has 7 nitrogen and oxygen atoms in total. The molecule has 2 rings (SSSR count). The molecule has 7 heteroatoms. The van der Waals surface area contributed by atoms with Gasteiger partial charge in [-0.15, -0.1) is 0 Å². The van der Waals surface area contributed by atoms with Gasteiger partial charge in [-0.1, -0.05) is 24.3 Å². The minimum Gasteiger partial charge on any atom is -0.493 e. The molecule has 156 valence electrons. The minimum atomic E-state index is -0.285. The van der Waals surface area contributed by atoms with Crippen LogP contribution in [0.4, 0.5) is 0 Å². The van der Waals surface area contributed by atoms with E-state index in [1.54, 1.807) is 18.2 Å². The summed E-state index contributed by atoms with van der Waals surface area (Å²) in [6.07, 6.45) is 0. The van der Waals surface area contributed by atoms with Crippen LogP contribution in [0.3, 0.4) is 0 Å². The van der Waals surface area contributed by atoms with Crippen LogP contribution in [0.2, 0.25) is 0 Å². The van der Waals surface area contributed by atoms with Crippen molar-refractivity contribution < 1.29 is 23.8 Å². The van der Waals surface area contributed by atoms with Gasteiger partial charge in [0.1, 0.15) is 5.75 Å². The fourth-order valence-corrected chi connectivity index (χ4v) is 2.67. The molecule has 0 aromatic heterocycles. The van der Waals surface area contributed by atoms with E-state index in [1.807, 2.05) is 39.0 Å². The van der Waals surface area contributed by atoms with Crippen LogP contribution in [0.15, 0.2) is 36.4 Å². The molecule has 29 heavy (non-hydrogen) atoms. The predicted molar refractivity (Wildman–Crippen MR) is 111 cm³/mol. The van der Waals surface area contributed by atoms with Crippen molar-refractivity contribution in [3.63, 3.8) is 0 Å². The maximum atomic E-state index is 12.0. The van der Waals surface area contributed by atoms with Crippen molar-refractivity contribution in [3.05, 3.63) is 53.1 Å². The zero-order valence-corrected chi connectivity index (χ0v) is 17.3. The summed E-state index contributed by atoms with van der Waals surface area (Å²) in [5, 5.41) is 5.40. The summed E-state index contributed by atoms with van der Waals surface area (Å²) in [6.45, 7) is 6.30. The van der Waals surface area contributed by atoms with Crippen LogP contribution in [-0.2, 0) is 9.59 Å². The molecule has 0 radical (unpaired) electrons. The van der Waals surface area contributed by atoms with Crippen LogP contribution in [0.25, 0.3) is 0 Å². The monoisotopic (exact) mass is 400 g/mol. The van der Waals surface area contributed by atoms with E-state index in [4.69, 9.17) is 14.2 Å². The molecule has 0 bridgehead atoms. The number of amides is 2. The third kappa shape index (κ3) is 6.71. The summed E-state index contributed by atoms with van der Waals surface area (Å²) in [7, 11) is 1.54. The lowest BCUT2D eigenvalue weighted by molar-refractivity contribution is -0.124. The third-order valence-electron chi connectivity index (χ3n) is 4.42. The Morgan fingerprint density at radius 3 is 1.97 bits per heavy atom. The molecule has 0 atom stereocenters. The van der Waals surface area contributed by atoms with E-state index in [0.29, 0.717) is 24.6 Å². The normalized spacial score (nSPS) is 10.2. The minimum absolute atomic E-state index is 0.0734. The van der Waals surface area contributed by atoms with E-state index in [1.165, 1.54) is 7.11 Å². The molecular formula is C22H28N2O5. The van der Waals surface area contributed by atoms with E-state index in [-0.39, 0.29) is 25.0 Å². The van der Waals surface area contributed by atoms with Crippen molar-refractivity contribution in [1.82, 2.24) is 10.6 Å². The van der Waals surface area contributed by atoms with Crippen LogP contribution in [0, 0.1) is 20.8 Å². The van der Waals surface area contributed by atoms with E-state index < -0.39 is 0 Å². The Morgan fingerprint density at radius 1 is 0.793 bits per heavy atom. The maximum absolute atomic E-state index is 12.0. The molecule has 2 aromatic rings. The van der Waals surface area contributed by atoms with E-state index in [9.17, 15) is 9.59 Å². The first kappa shape index (κ1) is 22.1. The van der Waals surface area contributed by atoms with Crippen molar-refractivity contribution in [3.8, 4) is 17.2 Å². The van der Waals surface area contributed by atoms with Crippen molar-refractivity contribution in [2.24, 2.45) is 0 Å². The van der Waals surface area contributed by atoms with Crippen LogP contribution >= 0.6 is 0 Å². The van der Waals surface area contributed by atoms with Crippen molar-refractivity contribution in [2.45, 2.75) is 20.8 Å². The Morgan fingerprint density at radius 2 is 1.34 bits per heavy atom. The number of carbonyl (C=O) groups is 2. The van der Waals surface area contributed by atoms with Crippen LogP contribution < -0.4 is 24.8 Å². The average molecular weight is 400 g/mol. The van der Waals surface area contributed by atoms with Gasteiger partial charge in [0.25, 0.3) is 11.8 Å². The lowest BCUT2D eigenvalue weighted by atomic mass is 10.1. The Kier molecular flexibility index (Phi) is 8.33. The largest absolute Gasteiger partial charge is 0.493 e. The second kappa shape index (κ2) is 10.9. The van der Waals surface area contributed by atoms with Crippen molar-refractivity contribution >= 4 is 11.8 Å². The van der Waals surface area contributed by atoms with E-state index >= 15 is 0 Å². The number of aryl methyl sites for hydroxylation is 2. The summed E-state index contributed by atoms with van der Waals surface area (Å²) in [4.78, 5) is 23.8. The number of ether oxygens (including phenoxy) is 3. The zero-order chi connectivity index (χ0) is 21.2. The van der Waals surface area contributed by atoms with Gasteiger partial charge >= 0.3 is 0 Å². The summed E-state index contributed by atoms with van der Waals surface area (Å²) in [6, 6.07) is 11.1. The smallest absolute Gasteiger partial charge is 0.258 e. The first-order valence-electron chi connectivity index (χ1n) is 9.41. The maximum Gasteiger partial charge on any atom is 0.258 e. The van der Waals surface area contributed by atoms with Gasteiger partial charge in [-0.05, 0) is 49.6 Å². The summed E-state index contributed by atoms with van der Waals surface area (Å²) >= 11 is 0. The fraction of sp³-hybridized carbons (Fsp3) is 0.364. The molecule has 0 saturated heterocycles. The number of nitrogens with one attached hydrogen (secondary N) is 2. The second-order valence-electron chi connectivity index (χ2n) is 6.58. The van der Waals surface area contributed by atoms with Crippen molar-refractivity contribution in [1.29, 1.82) is 0 Å². The Labute approximate surface area is 171 Å². The predicted octanol–water partition coefficient (Wildman–Crippen LogP) is 2.31. The van der Waals surface area contributed by atoms with Gasteiger partial charge in [0.2, 0.25) is 0 Å². The molecule has 0 spiro atoms.